The minimum Gasteiger partial charge on any atom is -0.453 e. The van der Waals surface area contributed by atoms with Gasteiger partial charge in [-0.05, 0) is 144 Å². The van der Waals surface area contributed by atoms with E-state index in [2.05, 4.69) is 124 Å². The number of ether oxygens (including phenoxy) is 2. The van der Waals surface area contributed by atoms with E-state index in [4.69, 9.17) is 14.5 Å². The van der Waals surface area contributed by atoms with Crippen LogP contribution in [0.25, 0.3) is 11.0 Å². The number of alkyl carbamates (subject to hydrolysis) is 2. The molecule has 8 rings (SSSR count). The zero-order valence-electron chi connectivity index (χ0n) is 39.7. The minimum atomic E-state index is -0.670. The summed E-state index contributed by atoms with van der Waals surface area (Å²) in [4.78, 5) is 53.8. The zero-order chi connectivity index (χ0) is 46.3. The van der Waals surface area contributed by atoms with Crippen LogP contribution in [0, 0.1) is 0 Å². The number of carbonyl (C=O) groups excluding carboxylic acids is 3. The number of imidazole rings is 1. The van der Waals surface area contributed by atoms with Gasteiger partial charge in [-0.2, -0.15) is 0 Å². The van der Waals surface area contributed by atoms with Crippen LogP contribution < -0.4 is 26.2 Å². The second kappa shape index (κ2) is 18.5. The summed E-state index contributed by atoms with van der Waals surface area (Å²) in [5.41, 5.74) is 11.9. The Morgan fingerprint density at radius 2 is 1.40 bits per heavy atom. The molecule has 6 atom stereocenters. The molecular weight excluding hydrogens is 819 g/mol. The third-order valence-corrected chi connectivity index (χ3v) is 13.9. The van der Waals surface area contributed by atoms with Crippen molar-refractivity contribution in [1.82, 2.24) is 30.4 Å². The van der Waals surface area contributed by atoms with Crippen LogP contribution in [-0.2, 0) is 19.7 Å². The Morgan fingerprint density at radius 1 is 0.754 bits per heavy atom. The topological polar surface area (TPSA) is 156 Å². The number of likely N-dealkylation sites (tertiary alicyclic amines) is 2. The van der Waals surface area contributed by atoms with E-state index in [1.54, 1.807) is 4.90 Å². The van der Waals surface area contributed by atoms with Crippen molar-refractivity contribution in [3.8, 4) is 0 Å². The predicted molar refractivity (Wildman–Crippen MR) is 257 cm³/mol. The van der Waals surface area contributed by atoms with E-state index in [1.807, 2.05) is 27.7 Å². The van der Waals surface area contributed by atoms with Gasteiger partial charge in [-0.3, -0.25) is 20.3 Å². The lowest BCUT2D eigenvalue weighted by atomic mass is 9.87. The molecular formula is C51H67N9O5. The molecule has 4 aliphatic rings. The smallest absolute Gasteiger partial charge is 0.411 e. The molecule has 3 fully saturated rings. The molecule has 0 saturated carbocycles. The van der Waals surface area contributed by atoms with Crippen LogP contribution in [0.15, 0.2) is 83.2 Å². The summed E-state index contributed by atoms with van der Waals surface area (Å²) in [6, 6.07) is 22.8. The highest BCUT2D eigenvalue weighted by Gasteiger charge is 2.41. The van der Waals surface area contributed by atoms with Crippen molar-refractivity contribution in [3.63, 3.8) is 0 Å². The first-order valence-corrected chi connectivity index (χ1v) is 23.2. The highest BCUT2D eigenvalue weighted by atomic mass is 16.5. The lowest BCUT2D eigenvalue weighted by Gasteiger charge is -2.36. The number of allylic oxidation sites excluding steroid dienone is 2. The van der Waals surface area contributed by atoms with E-state index >= 15 is 0 Å². The summed E-state index contributed by atoms with van der Waals surface area (Å²) < 4.78 is 9.77. The van der Waals surface area contributed by atoms with E-state index in [-0.39, 0.29) is 53.4 Å². The molecule has 5 N–H and O–H groups in total. The number of amides is 3. The molecule has 0 bridgehead atoms. The number of hydrogen-bond donors (Lipinski definition) is 5. The van der Waals surface area contributed by atoms with Gasteiger partial charge in [0.15, 0.2) is 0 Å². The molecule has 3 aromatic carbocycles. The van der Waals surface area contributed by atoms with E-state index in [0.717, 1.165) is 84.6 Å². The van der Waals surface area contributed by atoms with E-state index in [1.165, 1.54) is 36.6 Å². The van der Waals surface area contributed by atoms with Gasteiger partial charge in [-0.25, -0.2) is 14.6 Å². The lowest BCUT2D eigenvalue weighted by Crippen LogP contribution is -2.51. The second-order valence-electron chi connectivity index (χ2n) is 19.6. The molecule has 1 aromatic heterocycles. The zero-order valence-corrected chi connectivity index (χ0v) is 39.7. The normalized spacial score (nSPS) is 22.2. The van der Waals surface area contributed by atoms with Crippen LogP contribution >= 0.6 is 0 Å². The van der Waals surface area contributed by atoms with Crippen LogP contribution in [0.3, 0.4) is 0 Å². The maximum Gasteiger partial charge on any atom is 0.411 e. The number of H-pyrrole nitrogens is 1. The third-order valence-electron chi connectivity index (χ3n) is 13.9. The van der Waals surface area contributed by atoms with Crippen molar-refractivity contribution in [2.24, 2.45) is 0 Å². The van der Waals surface area contributed by atoms with Gasteiger partial charge < -0.3 is 34.9 Å². The highest BCUT2D eigenvalue weighted by molar-refractivity contribution is 5.97. The average Bonchev–Trinajstić information content (AvgIpc) is 4.14. The largest absolute Gasteiger partial charge is 0.453 e. The molecule has 2 unspecified atom stereocenters. The number of rotatable bonds is 10. The summed E-state index contributed by atoms with van der Waals surface area (Å²) in [7, 11) is 2.69. The number of fused-ring (bicyclic) bond motifs is 2. The van der Waals surface area contributed by atoms with Crippen LogP contribution in [0.2, 0.25) is 0 Å². The average molecular weight is 886 g/mol. The van der Waals surface area contributed by atoms with Gasteiger partial charge in [-0.15, -0.1) is 0 Å². The van der Waals surface area contributed by atoms with Gasteiger partial charge >= 0.3 is 12.2 Å². The number of nitrogens with one attached hydrogen (secondary N) is 5. The van der Waals surface area contributed by atoms with E-state index in [9.17, 15) is 14.4 Å². The van der Waals surface area contributed by atoms with Crippen LogP contribution in [0.1, 0.15) is 135 Å². The first-order chi connectivity index (χ1) is 31.1. The van der Waals surface area contributed by atoms with Gasteiger partial charge in [0, 0.05) is 30.0 Å². The molecule has 0 radical (unpaired) electrons. The molecule has 0 aliphatic carbocycles. The Kier molecular flexibility index (Phi) is 12.9. The van der Waals surface area contributed by atoms with Gasteiger partial charge in [0.1, 0.15) is 17.7 Å². The summed E-state index contributed by atoms with van der Waals surface area (Å²) in [5, 5.41) is 13.3. The van der Waals surface area contributed by atoms with Crippen LogP contribution in [0.4, 0.5) is 26.7 Å². The second-order valence-corrected chi connectivity index (χ2v) is 19.6. The Balaban J connectivity index is 1.06. The standard InChI is InChI=1S/C51H67N9O5/c1-29(2)44(56-49(62)64-9)31(5)58-25-11-13-42(58)46-52-36-21-15-32(27-38(36)54-46)40-23-24-41(60(40)35-19-17-34(18-20-35)51(6,7)8)33-16-22-37-39(28-33)55-47(53-37)43-14-12-26-59(43)48(61)45(30(3)4)57-50(63)65-10/h15-22,27-28,31,40-43,46,52,54H,11-14,23-26H2,1-10H3,(H,53,55)(H,56,62)(H,57,63)/t31?,40-,41-,42-,43-,46?/m0/s1. The number of aromatic nitrogens is 2. The maximum absolute atomic E-state index is 13.8. The Bertz CT molecular complexity index is 2500. The van der Waals surface area contributed by atoms with Crippen molar-refractivity contribution in [2.45, 2.75) is 136 Å². The fourth-order valence-electron chi connectivity index (χ4n) is 10.6. The molecule has 0 spiro atoms. The molecule has 3 amide bonds. The Morgan fingerprint density at radius 3 is 2.06 bits per heavy atom. The number of aromatic amines is 1. The SMILES string of the molecule is COC(=O)NC(C(=O)N1CCC[C@H]1c1nc2ccc([C@@H]3CC[C@@H](c4ccc5c(c4)NC([C@@H]4CCCN4C(C)C(NC(=O)OC)=C(C)C)N5)N3c3ccc(C(C)(C)C)cc3)cc2[nH]1)=C(C)C. The highest BCUT2D eigenvalue weighted by Crippen LogP contribution is 2.49. The predicted octanol–water partition coefficient (Wildman–Crippen LogP) is 9.92. The number of benzene rings is 3. The third kappa shape index (κ3) is 9.14. The molecule has 4 aromatic rings. The fourth-order valence-corrected chi connectivity index (χ4v) is 10.6. The fraction of sp³-hybridized carbons (Fsp3) is 0.490. The number of nitrogens with zero attached hydrogens (tertiary/aromatic N) is 4. The molecule has 14 nitrogen and oxygen atoms in total. The minimum absolute atomic E-state index is 0.00917. The van der Waals surface area contributed by atoms with Crippen LogP contribution in [0.5, 0.6) is 0 Å². The van der Waals surface area contributed by atoms with E-state index < -0.39 is 12.2 Å². The first-order valence-electron chi connectivity index (χ1n) is 23.2. The van der Waals surface area contributed by atoms with Gasteiger partial charge in [0.25, 0.3) is 5.91 Å². The molecule has 14 heteroatoms. The summed E-state index contributed by atoms with van der Waals surface area (Å²) in [6.07, 6.45) is 4.57. The number of carbonyl (C=O) groups is 3. The first kappa shape index (κ1) is 45.5. The molecule has 346 valence electrons. The summed E-state index contributed by atoms with van der Waals surface area (Å²) in [5.74, 6) is 0.506. The molecule has 65 heavy (non-hydrogen) atoms. The van der Waals surface area contributed by atoms with Crippen molar-refractivity contribution < 1.29 is 23.9 Å². The lowest BCUT2D eigenvalue weighted by molar-refractivity contribution is -0.128. The van der Waals surface area contributed by atoms with Crippen molar-refractivity contribution >= 4 is 46.2 Å². The van der Waals surface area contributed by atoms with E-state index in [0.29, 0.717) is 12.1 Å². The molecule has 3 saturated heterocycles. The van der Waals surface area contributed by atoms with Crippen LogP contribution in [-0.4, -0.2) is 83.4 Å². The van der Waals surface area contributed by atoms with Gasteiger partial charge in [0.05, 0.1) is 54.8 Å². The van der Waals surface area contributed by atoms with Crippen molar-refractivity contribution in [2.75, 3.05) is 42.8 Å². The maximum atomic E-state index is 13.8. The Labute approximate surface area is 383 Å². The summed E-state index contributed by atoms with van der Waals surface area (Å²) in [6.45, 7) is 18.1. The number of anilines is 3. The van der Waals surface area contributed by atoms with Gasteiger partial charge in [-0.1, -0.05) is 50.6 Å². The monoisotopic (exact) mass is 886 g/mol. The Hall–Kier alpha value is -6.02. The van der Waals surface area contributed by atoms with Crippen molar-refractivity contribution in [1.29, 1.82) is 0 Å². The molecule has 4 aliphatic heterocycles. The van der Waals surface area contributed by atoms with Gasteiger partial charge in [0.2, 0.25) is 0 Å². The van der Waals surface area contributed by atoms with Crippen molar-refractivity contribution in [3.05, 3.63) is 106 Å². The number of hydrogen-bond acceptors (Lipinski definition) is 10. The quantitative estimate of drug-likeness (QED) is 0.0972. The summed E-state index contributed by atoms with van der Waals surface area (Å²) >= 11 is 0. The molecule has 5 heterocycles. The number of methoxy groups -OCH3 is 2.